The Balaban J connectivity index is 1.66. The molecular formula is C18H24ClN3O5. The first-order chi connectivity index (χ1) is 13.0. The first-order valence-corrected chi connectivity index (χ1v) is 9.20. The van der Waals surface area contributed by atoms with Crippen LogP contribution in [0.1, 0.15) is 19.8 Å². The molecule has 1 fully saturated rings. The molecule has 1 saturated heterocycles. The van der Waals surface area contributed by atoms with Crippen molar-refractivity contribution < 1.29 is 23.9 Å². The summed E-state index contributed by atoms with van der Waals surface area (Å²) in [5, 5.41) is 0.571. The van der Waals surface area contributed by atoms with Crippen molar-refractivity contribution in [3.63, 3.8) is 0 Å². The number of hydrogen-bond acceptors (Lipinski definition) is 6. The second kappa shape index (κ2) is 10.7. The number of ether oxygens (including phenoxy) is 2. The van der Waals surface area contributed by atoms with Crippen LogP contribution in [0.2, 0.25) is 5.02 Å². The molecule has 148 valence electrons. The van der Waals surface area contributed by atoms with Crippen LogP contribution in [0.4, 0.5) is 0 Å². The Hall–Kier alpha value is -2.32. The molecule has 0 aliphatic carbocycles. The fourth-order valence-corrected chi connectivity index (χ4v) is 2.88. The summed E-state index contributed by atoms with van der Waals surface area (Å²) >= 11 is 5.77. The summed E-state index contributed by atoms with van der Waals surface area (Å²) in [7, 11) is 0. The molecule has 1 aromatic rings. The van der Waals surface area contributed by atoms with Gasteiger partial charge in [-0.1, -0.05) is 11.6 Å². The van der Waals surface area contributed by atoms with Gasteiger partial charge in [0.1, 0.15) is 5.75 Å². The van der Waals surface area contributed by atoms with E-state index in [4.69, 9.17) is 21.1 Å². The second-order valence-electron chi connectivity index (χ2n) is 6.17. The van der Waals surface area contributed by atoms with Crippen LogP contribution >= 0.6 is 11.6 Å². The van der Waals surface area contributed by atoms with Crippen LogP contribution < -0.4 is 15.6 Å². The van der Waals surface area contributed by atoms with Crippen molar-refractivity contribution in [1.29, 1.82) is 0 Å². The summed E-state index contributed by atoms with van der Waals surface area (Å²) in [6, 6.07) is 6.59. The normalized spacial score (nSPS) is 17.0. The number of halogens is 1. The van der Waals surface area contributed by atoms with Crippen molar-refractivity contribution >= 4 is 29.4 Å². The number of rotatable bonds is 7. The van der Waals surface area contributed by atoms with E-state index in [9.17, 15) is 14.4 Å². The standard InChI is InChI=1S/C18H24ClN3O5/c1-2-26-18(25)13-4-3-9-22(10-13)11-16(23)20-21-17(24)12-27-15-7-5-14(19)6-8-15/h5-8,13H,2-4,9-12H2,1H3,(H,20,23)(H,21,24)/t13-/m0/s1. The van der Waals surface area contributed by atoms with Crippen LogP contribution in [0.15, 0.2) is 24.3 Å². The fourth-order valence-electron chi connectivity index (χ4n) is 2.75. The van der Waals surface area contributed by atoms with Crippen LogP contribution in [0.25, 0.3) is 0 Å². The Kier molecular flexibility index (Phi) is 8.35. The molecule has 27 heavy (non-hydrogen) atoms. The predicted octanol–water partition coefficient (Wildman–Crippen LogP) is 1.14. The Morgan fingerprint density at radius 2 is 1.89 bits per heavy atom. The lowest BCUT2D eigenvalue weighted by molar-refractivity contribution is -0.150. The summed E-state index contributed by atoms with van der Waals surface area (Å²) in [6.07, 6.45) is 1.58. The highest BCUT2D eigenvalue weighted by Gasteiger charge is 2.27. The van der Waals surface area contributed by atoms with Crippen molar-refractivity contribution in [3.8, 4) is 5.75 Å². The van der Waals surface area contributed by atoms with Crippen molar-refractivity contribution in [2.24, 2.45) is 5.92 Å². The Morgan fingerprint density at radius 1 is 1.19 bits per heavy atom. The monoisotopic (exact) mass is 397 g/mol. The molecule has 1 aliphatic rings. The Bertz CT molecular complexity index is 653. The Morgan fingerprint density at radius 3 is 2.59 bits per heavy atom. The number of benzene rings is 1. The van der Waals surface area contributed by atoms with E-state index in [-0.39, 0.29) is 30.9 Å². The van der Waals surface area contributed by atoms with Crippen molar-refractivity contribution in [2.75, 3.05) is 32.8 Å². The molecule has 1 atom stereocenters. The number of carbonyl (C=O) groups is 3. The molecule has 1 aromatic carbocycles. The van der Waals surface area contributed by atoms with Gasteiger partial charge in [-0.25, -0.2) is 0 Å². The average molecular weight is 398 g/mol. The van der Waals surface area contributed by atoms with Gasteiger partial charge in [-0.2, -0.15) is 0 Å². The van der Waals surface area contributed by atoms with Gasteiger partial charge in [-0.15, -0.1) is 0 Å². The molecule has 0 unspecified atom stereocenters. The molecule has 0 spiro atoms. The highest BCUT2D eigenvalue weighted by atomic mass is 35.5. The SMILES string of the molecule is CCOC(=O)[C@H]1CCCN(CC(=O)NNC(=O)COc2ccc(Cl)cc2)C1. The molecule has 0 aromatic heterocycles. The molecule has 0 radical (unpaired) electrons. The van der Waals surface area contributed by atoms with E-state index in [1.54, 1.807) is 31.2 Å². The topological polar surface area (TPSA) is 97.0 Å². The molecule has 8 nitrogen and oxygen atoms in total. The summed E-state index contributed by atoms with van der Waals surface area (Å²) < 4.78 is 10.3. The molecule has 2 N–H and O–H groups in total. The lowest BCUT2D eigenvalue weighted by Gasteiger charge is -2.30. The first-order valence-electron chi connectivity index (χ1n) is 8.83. The van der Waals surface area contributed by atoms with Crippen LogP contribution in [-0.2, 0) is 19.1 Å². The molecule has 0 saturated carbocycles. The molecule has 1 aliphatic heterocycles. The van der Waals surface area contributed by atoms with Crippen molar-refractivity contribution in [3.05, 3.63) is 29.3 Å². The van der Waals surface area contributed by atoms with Gasteiger partial charge in [-0.3, -0.25) is 30.1 Å². The molecule has 1 heterocycles. The zero-order chi connectivity index (χ0) is 19.6. The molecule has 2 rings (SSSR count). The lowest BCUT2D eigenvalue weighted by atomic mass is 9.98. The van der Waals surface area contributed by atoms with Crippen LogP contribution in [0.5, 0.6) is 5.75 Å². The predicted molar refractivity (Wildman–Crippen MR) is 99.0 cm³/mol. The van der Waals surface area contributed by atoms with E-state index in [1.807, 2.05) is 4.90 Å². The van der Waals surface area contributed by atoms with Gasteiger partial charge in [0.05, 0.1) is 19.1 Å². The van der Waals surface area contributed by atoms with Crippen LogP contribution in [0.3, 0.4) is 0 Å². The minimum absolute atomic E-state index is 0.0915. The van der Waals surface area contributed by atoms with E-state index in [0.29, 0.717) is 23.9 Å². The third kappa shape index (κ3) is 7.44. The lowest BCUT2D eigenvalue weighted by Crippen LogP contribution is -2.50. The number of nitrogens with zero attached hydrogens (tertiary/aromatic N) is 1. The third-order valence-electron chi connectivity index (χ3n) is 4.02. The quantitative estimate of drug-likeness (QED) is 0.529. The molecule has 2 amide bonds. The highest BCUT2D eigenvalue weighted by molar-refractivity contribution is 6.30. The summed E-state index contributed by atoms with van der Waals surface area (Å²) in [5.74, 6) is -0.788. The smallest absolute Gasteiger partial charge is 0.310 e. The van der Waals surface area contributed by atoms with Gasteiger partial charge in [-0.05, 0) is 50.6 Å². The number of nitrogens with one attached hydrogen (secondary N) is 2. The van der Waals surface area contributed by atoms with Crippen molar-refractivity contribution in [2.45, 2.75) is 19.8 Å². The second-order valence-corrected chi connectivity index (χ2v) is 6.60. The maximum absolute atomic E-state index is 12.0. The fraction of sp³-hybridized carbons (Fsp3) is 0.500. The number of carbonyl (C=O) groups excluding carboxylic acids is 3. The minimum atomic E-state index is -0.485. The van der Waals surface area contributed by atoms with E-state index < -0.39 is 5.91 Å². The van der Waals surface area contributed by atoms with Gasteiger partial charge in [0.2, 0.25) is 0 Å². The molecule has 9 heteroatoms. The van der Waals surface area contributed by atoms with Crippen molar-refractivity contribution in [1.82, 2.24) is 15.8 Å². The summed E-state index contributed by atoms with van der Waals surface area (Å²) in [6.45, 7) is 3.16. The van der Waals surface area contributed by atoms with E-state index in [1.165, 1.54) is 0 Å². The number of piperidine rings is 1. The maximum atomic E-state index is 12.0. The molecular weight excluding hydrogens is 374 g/mol. The van der Waals surface area contributed by atoms with Gasteiger partial charge in [0.15, 0.2) is 6.61 Å². The first kappa shape index (κ1) is 21.0. The minimum Gasteiger partial charge on any atom is -0.484 e. The number of hydrogen-bond donors (Lipinski definition) is 2. The van der Waals surface area contributed by atoms with Gasteiger partial charge in [0.25, 0.3) is 11.8 Å². The van der Waals surface area contributed by atoms with Gasteiger partial charge >= 0.3 is 5.97 Å². The average Bonchev–Trinajstić information content (AvgIpc) is 2.66. The van der Waals surface area contributed by atoms with E-state index in [2.05, 4.69) is 10.9 Å². The van der Waals surface area contributed by atoms with Gasteiger partial charge in [0, 0.05) is 11.6 Å². The van der Waals surface area contributed by atoms with Gasteiger partial charge < -0.3 is 9.47 Å². The third-order valence-corrected chi connectivity index (χ3v) is 4.27. The largest absolute Gasteiger partial charge is 0.484 e. The number of amides is 2. The Labute approximate surface area is 163 Å². The van der Waals surface area contributed by atoms with Crippen LogP contribution in [-0.4, -0.2) is 55.5 Å². The highest BCUT2D eigenvalue weighted by Crippen LogP contribution is 2.17. The number of esters is 1. The van der Waals surface area contributed by atoms with E-state index in [0.717, 1.165) is 19.4 Å². The summed E-state index contributed by atoms with van der Waals surface area (Å²) in [4.78, 5) is 37.4. The summed E-state index contributed by atoms with van der Waals surface area (Å²) in [5.41, 5.74) is 4.65. The van der Waals surface area contributed by atoms with Crippen LogP contribution in [0, 0.1) is 5.92 Å². The zero-order valence-corrected chi connectivity index (χ0v) is 16.0. The maximum Gasteiger partial charge on any atom is 0.310 e. The number of hydrazine groups is 1. The molecule has 0 bridgehead atoms. The number of likely N-dealkylation sites (tertiary alicyclic amines) is 1. The van der Waals surface area contributed by atoms with E-state index >= 15 is 0 Å². The zero-order valence-electron chi connectivity index (χ0n) is 15.2.